The number of carbonyl (C=O) groups is 1. The van der Waals surface area contributed by atoms with Crippen LogP contribution in [-0.2, 0) is 4.74 Å². The largest absolute Gasteiger partial charge is 0.462 e. The van der Waals surface area contributed by atoms with E-state index in [2.05, 4.69) is 4.98 Å². The first kappa shape index (κ1) is 18.5. The van der Waals surface area contributed by atoms with Crippen LogP contribution in [0.1, 0.15) is 27.2 Å². The van der Waals surface area contributed by atoms with E-state index in [1.54, 1.807) is 11.0 Å². The Bertz CT molecular complexity index is 877. The van der Waals surface area contributed by atoms with Gasteiger partial charge in [-0.05, 0) is 44.9 Å². The second-order valence-electron chi connectivity index (χ2n) is 7.14. The molecule has 0 aliphatic carbocycles. The van der Waals surface area contributed by atoms with Crippen molar-refractivity contribution in [2.45, 2.75) is 32.8 Å². The molecule has 0 radical (unpaired) electrons. The van der Waals surface area contributed by atoms with Crippen molar-refractivity contribution in [3.63, 3.8) is 0 Å². The van der Waals surface area contributed by atoms with Crippen LogP contribution in [0.25, 0.3) is 10.9 Å². The topological polar surface area (TPSA) is 51.7 Å². The third kappa shape index (κ3) is 4.25. The number of nitrogens with zero attached hydrogens (tertiary/aromatic N) is 2. The number of pyridine rings is 1. The molecule has 5 nitrogen and oxygen atoms in total. The van der Waals surface area contributed by atoms with Crippen LogP contribution in [0.3, 0.4) is 0 Å². The standard InChI is InChI=1S/C19H20ClFN2O3/c1-19(2,3)26-18(24)23-7-5-12(10-23)11-25-17-8-13-14(20)4-6-22-16(13)9-15(17)21/h4,6,8-9,11H,5,7,10H2,1-3H3. The monoisotopic (exact) mass is 378 g/mol. The molecular formula is C19H20ClFN2O3. The molecule has 7 heteroatoms. The lowest BCUT2D eigenvalue weighted by Crippen LogP contribution is -2.34. The second-order valence-corrected chi connectivity index (χ2v) is 7.55. The summed E-state index contributed by atoms with van der Waals surface area (Å²) >= 11 is 6.12. The number of benzene rings is 1. The van der Waals surface area contributed by atoms with Crippen LogP contribution in [0.5, 0.6) is 5.75 Å². The first-order valence-corrected chi connectivity index (χ1v) is 8.67. The zero-order chi connectivity index (χ0) is 18.9. The smallest absolute Gasteiger partial charge is 0.410 e. The molecule has 138 valence electrons. The molecular weight excluding hydrogens is 359 g/mol. The summed E-state index contributed by atoms with van der Waals surface area (Å²) in [7, 11) is 0. The number of likely N-dealkylation sites (tertiary alicyclic amines) is 1. The molecule has 26 heavy (non-hydrogen) atoms. The molecule has 2 aromatic rings. The van der Waals surface area contributed by atoms with Gasteiger partial charge in [-0.2, -0.15) is 0 Å². The van der Waals surface area contributed by atoms with Gasteiger partial charge in [-0.3, -0.25) is 4.98 Å². The molecule has 1 aromatic heterocycles. The van der Waals surface area contributed by atoms with E-state index in [9.17, 15) is 9.18 Å². The van der Waals surface area contributed by atoms with Crippen LogP contribution in [-0.4, -0.2) is 34.7 Å². The van der Waals surface area contributed by atoms with Crippen molar-refractivity contribution in [2.75, 3.05) is 13.1 Å². The van der Waals surface area contributed by atoms with Crippen molar-refractivity contribution >= 4 is 28.6 Å². The summed E-state index contributed by atoms with van der Waals surface area (Å²) in [5, 5.41) is 1.09. The van der Waals surface area contributed by atoms with E-state index < -0.39 is 11.4 Å². The normalized spacial score (nSPS) is 16.3. The Balaban J connectivity index is 1.71. The number of amides is 1. The van der Waals surface area contributed by atoms with Gasteiger partial charge in [0.25, 0.3) is 0 Å². The maximum Gasteiger partial charge on any atom is 0.410 e. The van der Waals surface area contributed by atoms with Crippen molar-refractivity contribution < 1.29 is 18.7 Å². The van der Waals surface area contributed by atoms with Gasteiger partial charge in [0.2, 0.25) is 0 Å². The summed E-state index contributed by atoms with van der Waals surface area (Å²) in [6.45, 7) is 6.41. The summed E-state index contributed by atoms with van der Waals surface area (Å²) in [5.74, 6) is -0.457. The predicted molar refractivity (Wildman–Crippen MR) is 97.8 cm³/mol. The number of hydrogen-bond acceptors (Lipinski definition) is 4. The number of aromatic nitrogens is 1. The zero-order valence-electron chi connectivity index (χ0n) is 14.9. The third-order valence-electron chi connectivity index (χ3n) is 3.84. The van der Waals surface area contributed by atoms with Crippen molar-refractivity contribution in [3.8, 4) is 5.75 Å². The molecule has 0 bridgehead atoms. The summed E-state index contributed by atoms with van der Waals surface area (Å²) in [5.41, 5.74) is 0.807. The van der Waals surface area contributed by atoms with Crippen LogP contribution < -0.4 is 4.74 Å². The van der Waals surface area contributed by atoms with Crippen LogP contribution in [0, 0.1) is 5.82 Å². The number of fused-ring (bicyclic) bond motifs is 1. The van der Waals surface area contributed by atoms with Crippen LogP contribution in [0.15, 0.2) is 36.2 Å². The van der Waals surface area contributed by atoms with Gasteiger partial charge in [-0.25, -0.2) is 9.18 Å². The van der Waals surface area contributed by atoms with Gasteiger partial charge in [0.15, 0.2) is 11.6 Å². The maximum atomic E-state index is 14.2. The molecule has 2 heterocycles. The predicted octanol–water partition coefficient (Wildman–Crippen LogP) is 4.93. The lowest BCUT2D eigenvalue weighted by atomic mass is 10.2. The molecule has 1 amide bonds. The third-order valence-corrected chi connectivity index (χ3v) is 4.17. The zero-order valence-corrected chi connectivity index (χ0v) is 15.6. The van der Waals surface area contributed by atoms with Crippen LogP contribution in [0.4, 0.5) is 9.18 Å². The van der Waals surface area contributed by atoms with Crippen molar-refractivity contribution in [1.29, 1.82) is 0 Å². The minimum absolute atomic E-state index is 0.0654. The molecule has 3 rings (SSSR count). The van der Waals surface area contributed by atoms with Gasteiger partial charge in [0, 0.05) is 30.7 Å². The Labute approximate surface area is 156 Å². The van der Waals surface area contributed by atoms with Crippen molar-refractivity contribution in [2.24, 2.45) is 0 Å². The number of carbonyl (C=O) groups excluding carboxylic acids is 1. The fourth-order valence-electron chi connectivity index (χ4n) is 2.61. The fourth-order valence-corrected chi connectivity index (χ4v) is 2.82. The Morgan fingerprint density at radius 3 is 2.88 bits per heavy atom. The lowest BCUT2D eigenvalue weighted by molar-refractivity contribution is 0.0299. The molecule has 0 unspecified atom stereocenters. The van der Waals surface area contributed by atoms with Gasteiger partial charge >= 0.3 is 6.09 Å². The average molecular weight is 379 g/mol. The SMILES string of the molecule is CC(C)(C)OC(=O)N1CCC(=COc2cc3c(Cl)ccnc3cc2F)C1. The molecule has 1 aliphatic heterocycles. The summed E-state index contributed by atoms with van der Waals surface area (Å²) in [6.07, 6.45) is 3.29. The number of hydrogen-bond donors (Lipinski definition) is 0. The summed E-state index contributed by atoms with van der Waals surface area (Å²) < 4.78 is 25.1. The molecule has 1 saturated heterocycles. The summed E-state index contributed by atoms with van der Waals surface area (Å²) in [4.78, 5) is 17.8. The Hall–Kier alpha value is -2.34. The molecule has 1 aliphatic rings. The average Bonchev–Trinajstić information content (AvgIpc) is 3.01. The lowest BCUT2D eigenvalue weighted by Gasteiger charge is -2.23. The summed E-state index contributed by atoms with van der Waals surface area (Å²) in [6, 6.07) is 4.45. The van der Waals surface area contributed by atoms with E-state index in [4.69, 9.17) is 21.1 Å². The highest BCUT2D eigenvalue weighted by Crippen LogP contribution is 2.29. The highest BCUT2D eigenvalue weighted by Gasteiger charge is 2.26. The van der Waals surface area contributed by atoms with Crippen LogP contribution >= 0.6 is 11.6 Å². The Morgan fingerprint density at radius 2 is 2.15 bits per heavy atom. The molecule has 0 atom stereocenters. The van der Waals surface area contributed by atoms with E-state index >= 15 is 0 Å². The Morgan fingerprint density at radius 1 is 1.38 bits per heavy atom. The number of halogens is 2. The second kappa shape index (κ2) is 7.11. The van der Waals surface area contributed by atoms with Crippen molar-refractivity contribution in [1.82, 2.24) is 9.88 Å². The van der Waals surface area contributed by atoms with E-state index in [1.165, 1.54) is 24.6 Å². The van der Waals surface area contributed by atoms with E-state index in [0.717, 1.165) is 5.57 Å². The minimum atomic E-state index is -0.540. The number of ether oxygens (including phenoxy) is 2. The Kier molecular flexibility index (Phi) is 5.05. The van der Waals surface area contributed by atoms with Gasteiger partial charge in [-0.1, -0.05) is 11.6 Å². The quantitative estimate of drug-likeness (QED) is 0.695. The fraction of sp³-hybridized carbons (Fsp3) is 0.368. The molecule has 1 aromatic carbocycles. The van der Waals surface area contributed by atoms with E-state index in [0.29, 0.717) is 35.4 Å². The van der Waals surface area contributed by atoms with Gasteiger partial charge < -0.3 is 14.4 Å². The van der Waals surface area contributed by atoms with Gasteiger partial charge in [-0.15, -0.1) is 0 Å². The molecule has 0 saturated carbocycles. The van der Waals surface area contributed by atoms with Gasteiger partial charge in [0.05, 0.1) is 16.8 Å². The highest BCUT2D eigenvalue weighted by atomic mass is 35.5. The van der Waals surface area contributed by atoms with Gasteiger partial charge in [0.1, 0.15) is 5.60 Å². The van der Waals surface area contributed by atoms with Crippen LogP contribution in [0.2, 0.25) is 5.02 Å². The van der Waals surface area contributed by atoms with E-state index in [1.807, 2.05) is 20.8 Å². The number of rotatable bonds is 2. The highest BCUT2D eigenvalue weighted by molar-refractivity contribution is 6.35. The molecule has 0 spiro atoms. The first-order chi connectivity index (χ1) is 12.2. The molecule has 0 N–H and O–H groups in total. The van der Waals surface area contributed by atoms with E-state index in [-0.39, 0.29) is 11.8 Å². The first-order valence-electron chi connectivity index (χ1n) is 8.29. The maximum absolute atomic E-state index is 14.2. The minimum Gasteiger partial charge on any atom is -0.462 e. The molecule has 1 fully saturated rings. The van der Waals surface area contributed by atoms with Crippen molar-refractivity contribution in [3.05, 3.63) is 47.1 Å².